The lowest BCUT2D eigenvalue weighted by Gasteiger charge is -2.18. The first-order valence-corrected chi connectivity index (χ1v) is 6.40. The molecule has 1 aliphatic rings. The third kappa shape index (κ3) is 1.82. The molecule has 0 aliphatic carbocycles. The van der Waals surface area contributed by atoms with Crippen molar-refractivity contribution in [2.24, 2.45) is 5.73 Å². The van der Waals surface area contributed by atoms with E-state index in [2.05, 4.69) is 18.0 Å². The number of rotatable bonds is 3. The van der Waals surface area contributed by atoms with Crippen molar-refractivity contribution in [3.63, 3.8) is 0 Å². The largest absolute Gasteiger partial charge is 0.486 e. The number of nitrogens with two attached hydrogens (primary N) is 1. The topological polar surface area (TPSA) is 60.3 Å². The maximum absolute atomic E-state index is 5.64. The van der Waals surface area contributed by atoms with Crippen LogP contribution >= 0.6 is 0 Å². The molecule has 0 saturated heterocycles. The van der Waals surface area contributed by atoms with Crippen LogP contribution in [0.2, 0.25) is 0 Å². The van der Waals surface area contributed by atoms with Crippen molar-refractivity contribution in [3.8, 4) is 11.5 Å². The van der Waals surface area contributed by atoms with Crippen molar-refractivity contribution >= 4 is 10.9 Å². The Morgan fingerprint density at radius 2 is 1.94 bits per heavy atom. The molecule has 96 valence electrons. The number of hydrogen-bond donors (Lipinski definition) is 2. The molecule has 1 aliphatic heterocycles. The highest BCUT2D eigenvalue weighted by Crippen LogP contribution is 2.36. The van der Waals surface area contributed by atoms with Crippen molar-refractivity contribution in [1.82, 2.24) is 4.98 Å². The van der Waals surface area contributed by atoms with Crippen molar-refractivity contribution in [3.05, 3.63) is 23.4 Å². The van der Waals surface area contributed by atoms with E-state index in [9.17, 15) is 0 Å². The molecule has 2 aromatic rings. The van der Waals surface area contributed by atoms with Gasteiger partial charge in [-0.05, 0) is 37.9 Å². The summed E-state index contributed by atoms with van der Waals surface area (Å²) in [5.41, 5.74) is 9.26. The molecule has 1 aromatic carbocycles. The van der Waals surface area contributed by atoms with Crippen LogP contribution in [0.3, 0.4) is 0 Å². The van der Waals surface area contributed by atoms with Gasteiger partial charge in [0.1, 0.15) is 13.2 Å². The highest BCUT2D eigenvalue weighted by Gasteiger charge is 2.16. The maximum atomic E-state index is 5.64. The Labute approximate surface area is 106 Å². The maximum Gasteiger partial charge on any atom is 0.163 e. The summed E-state index contributed by atoms with van der Waals surface area (Å²) in [5, 5.41) is 1.23. The van der Waals surface area contributed by atoms with Gasteiger partial charge < -0.3 is 20.2 Å². The monoisotopic (exact) mass is 246 g/mol. The molecular weight excluding hydrogens is 228 g/mol. The number of aromatic amines is 1. The summed E-state index contributed by atoms with van der Waals surface area (Å²) >= 11 is 0. The SMILES string of the molecule is Cc1[nH]c2cc3c(cc2c1CCCN)OCCO3. The molecule has 3 N–H and O–H groups in total. The quantitative estimate of drug-likeness (QED) is 0.872. The van der Waals surface area contributed by atoms with Gasteiger partial charge in [0.05, 0.1) is 0 Å². The van der Waals surface area contributed by atoms with E-state index in [0.29, 0.717) is 13.2 Å². The summed E-state index contributed by atoms with van der Waals surface area (Å²) in [6.45, 7) is 4.07. The highest BCUT2D eigenvalue weighted by atomic mass is 16.6. The predicted octanol–water partition coefficient (Wildman–Crippen LogP) is 2.14. The molecule has 18 heavy (non-hydrogen) atoms. The number of ether oxygens (including phenoxy) is 2. The Morgan fingerprint density at radius 1 is 1.22 bits per heavy atom. The molecular formula is C14H18N2O2. The van der Waals surface area contributed by atoms with Crippen LogP contribution in [0, 0.1) is 6.92 Å². The van der Waals surface area contributed by atoms with E-state index in [-0.39, 0.29) is 0 Å². The standard InChI is InChI=1S/C14H18N2O2/c1-9-10(3-2-4-15)11-7-13-14(8-12(11)16-9)18-6-5-17-13/h7-8,16H,2-6,15H2,1H3. The highest BCUT2D eigenvalue weighted by molar-refractivity contribution is 5.88. The van der Waals surface area contributed by atoms with Crippen LogP contribution in [-0.2, 0) is 6.42 Å². The second-order valence-corrected chi connectivity index (χ2v) is 4.66. The fourth-order valence-electron chi connectivity index (χ4n) is 2.52. The zero-order chi connectivity index (χ0) is 12.5. The van der Waals surface area contributed by atoms with E-state index in [0.717, 1.165) is 36.4 Å². The van der Waals surface area contributed by atoms with E-state index in [1.807, 2.05) is 6.07 Å². The van der Waals surface area contributed by atoms with Gasteiger partial charge in [-0.2, -0.15) is 0 Å². The molecule has 0 bridgehead atoms. The predicted molar refractivity (Wildman–Crippen MR) is 71.4 cm³/mol. The lowest BCUT2D eigenvalue weighted by Crippen LogP contribution is -2.15. The van der Waals surface area contributed by atoms with Gasteiger partial charge in [0.15, 0.2) is 11.5 Å². The van der Waals surface area contributed by atoms with Gasteiger partial charge in [-0.15, -0.1) is 0 Å². The van der Waals surface area contributed by atoms with E-state index >= 15 is 0 Å². The zero-order valence-corrected chi connectivity index (χ0v) is 10.6. The minimum Gasteiger partial charge on any atom is -0.486 e. The van der Waals surface area contributed by atoms with Crippen LogP contribution in [0.4, 0.5) is 0 Å². The lowest BCUT2D eigenvalue weighted by atomic mass is 10.1. The summed E-state index contributed by atoms with van der Waals surface area (Å²) in [6, 6.07) is 4.11. The Bertz CT molecular complexity index is 575. The van der Waals surface area contributed by atoms with E-state index in [1.165, 1.54) is 16.6 Å². The average molecular weight is 246 g/mol. The van der Waals surface area contributed by atoms with Crippen LogP contribution in [0.5, 0.6) is 11.5 Å². The number of benzene rings is 1. The summed E-state index contributed by atoms with van der Waals surface area (Å²) < 4.78 is 11.2. The molecule has 1 aromatic heterocycles. The molecule has 3 rings (SSSR count). The Balaban J connectivity index is 2.10. The summed E-state index contributed by atoms with van der Waals surface area (Å²) in [4.78, 5) is 3.41. The van der Waals surface area contributed by atoms with Crippen LogP contribution in [0.25, 0.3) is 10.9 Å². The second-order valence-electron chi connectivity index (χ2n) is 4.66. The van der Waals surface area contributed by atoms with Gasteiger partial charge in [-0.3, -0.25) is 0 Å². The van der Waals surface area contributed by atoms with Crippen molar-refractivity contribution in [2.45, 2.75) is 19.8 Å². The molecule has 0 saturated carbocycles. The van der Waals surface area contributed by atoms with Crippen molar-refractivity contribution in [1.29, 1.82) is 0 Å². The van der Waals surface area contributed by atoms with E-state index < -0.39 is 0 Å². The van der Waals surface area contributed by atoms with Gasteiger partial charge in [-0.25, -0.2) is 0 Å². The molecule has 2 heterocycles. The number of nitrogens with one attached hydrogen (secondary N) is 1. The van der Waals surface area contributed by atoms with Crippen LogP contribution in [-0.4, -0.2) is 24.7 Å². The van der Waals surface area contributed by atoms with Crippen LogP contribution in [0.15, 0.2) is 12.1 Å². The minimum absolute atomic E-state index is 0.623. The minimum atomic E-state index is 0.623. The fraction of sp³-hybridized carbons (Fsp3) is 0.429. The van der Waals surface area contributed by atoms with Crippen LogP contribution < -0.4 is 15.2 Å². The normalized spacial score (nSPS) is 14.1. The number of H-pyrrole nitrogens is 1. The smallest absolute Gasteiger partial charge is 0.163 e. The lowest BCUT2D eigenvalue weighted by molar-refractivity contribution is 0.172. The third-order valence-electron chi connectivity index (χ3n) is 3.41. The molecule has 0 unspecified atom stereocenters. The van der Waals surface area contributed by atoms with Crippen LogP contribution in [0.1, 0.15) is 17.7 Å². The molecule has 0 fully saturated rings. The zero-order valence-electron chi connectivity index (χ0n) is 10.6. The summed E-state index contributed by atoms with van der Waals surface area (Å²) in [6.07, 6.45) is 2.00. The number of aryl methyl sites for hydroxylation is 2. The first-order chi connectivity index (χ1) is 8.79. The number of hydrogen-bond acceptors (Lipinski definition) is 3. The number of aromatic nitrogens is 1. The summed E-state index contributed by atoms with van der Waals surface area (Å²) in [7, 11) is 0. The number of fused-ring (bicyclic) bond motifs is 2. The Kier molecular flexibility index (Phi) is 2.88. The Hall–Kier alpha value is -1.68. The third-order valence-corrected chi connectivity index (χ3v) is 3.41. The van der Waals surface area contributed by atoms with Gasteiger partial charge in [-0.1, -0.05) is 0 Å². The van der Waals surface area contributed by atoms with E-state index in [4.69, 9.17) is 15.2 Å². The molecule has 4 nitrogen and oxygen atoms in total. The van der Waals surface area contributed by atoms with Gasteiger partial charge in [0.25, 0.3) is 0 Å². The Morgan fingerprint density at radius 3 is 2.67 bits per heavy atom. The second kappa shape index (κ2) is 4.53. The molecule has 0 amide bonds. The molecule has 0 spiro atoms. The first kappa shape index (κ1) is 11.4. The van der Waals surface area contributed by atoms with Crippen molar-refractivity contribution < 1.29 is 9.47 Å². The van der Waals surface area contributed by atoms with Gasteiger partial charge >= 0.3 is 0 Å². The molecule has 4 heteroatoms. The van der Waals surface area contributed by atoms with Gasteiger partial charge in [0.2, 0.25) is 0 Å². The molecule has 0 radical (unpaired) electrons. The van der Waals surface area contributed by atoms with Gasteiger partial charge in [0, 0.05) is 22.7 Å². The average Bonchev–Trinajstić information content (AvgIpc) is 2.68. The van der Waals surface area contributed by atoms with E-state index in [1.54, 1.807) is 0 Å². The first-order valence-electron chi connectivity index (χ1n) is 6.40. The fourth-order valence-corrected chi connectivity index (χ4v) is 2.52. The molecule has 0 atom stereocenters. The van der Waals surface area contributed by atoms with Crippen molar-refractivity contribution in [2.75, 3.05) is 19.8 Å². The summed E-state index contributed by atoms with van der Waals surface area (Å²) in [5.74, 6) is 1.68.